The molecule has 1 heterocycles. The Kier molecular flexibility index (Phi) is 3.31. The first kappa shape index (κ1) is 10.8. The van der Waals surface area contributed by atoms with Gasteiger partial charge >= 0.3 is 0 Å². The summed E-state index contributed by atoms with van der Waals surface area (Å²) in [5.74, 6) is 0.519. The van der Waals surface area contributed by atoms with Crippen molar-refractivity contribution in [3.8, 4) is 0 Å². The molecule has 0 atom stereocenters. The number of anilines is 3. The second-order valence-electron chi connectivity index (χ2n) is 3.32. The van der Waals surface area contributed by atoms with Crippen molar-refractivity contribution >= 4 is 29.0 Å². The summed E-state index contributed by atoms with van der Waals surface area (Å²) >= 11 is 1.73. The number of hydrogen-bond acceptors (Lipinski definition) is 4. The molecule has 0 saturated carbocycles. The lowest BCUT2D eigenvalue weighted by molar-refractivity contribution is 1.33. The van der Waals surface area contributed by atoms with Crippen LogP contribution in [-0.4, -0.2) is 11.2 Å². The van der Waals surface area contributed by atoms with Gasteiger partial charge in [-0.25, -0.2) is 4.98 Å². The Morgan fingerprint density at radius 3 is 2.50 bits per heavy atom. The Balaban J connectivity index is 2.14. The zero-order valence-corrected chi connectivity index (χ0v) is 9.79. The highest BCUT2D eigenvalue weighted by Gasteiger charge is 1.96. The van der Waals surface area contributed by atoms with Crippen LogP contribution < -0.4 is 11.1 Å². The summed E-state index contributed by atoms with van der Waals surface area (Å²) in [6.07, 6.45) is 3.75. The van der Waals surface area contributed by atoms with E-state index in [1.807, 2.05) is 24.3 Å². The number of nitrogens with zero attached hydrogens (tertiary/aromatic N) is 1. The number of pyridine rings is 1. The molecule has 0 unspecified atom stereocenters. The lowest BCUT2D eigenvalue weighted by Crippen LogP contribution is -1.93. The van der Waals surface area contributed by atoms with Gasteiger partial charge in [-0.1, -0.05) is 0 Å². The lowest BCUT2D eigenvalue weighted by Gasteiger charge is -2.07. The van der Waals surface area contributed by atoms with Gasteiger partial charge in [0.1, 0.15) is 5.82 Å². The average Bonchev–Trinajstić information content (AvgIpc) is 2.30. The smallest absolute Gasteiger partial charge is 0.125 e. The molecule has 0 bridgehead atoms. The summed E-state index contributed by atoms with van der Waals surface area (Å²) in [6, 6.07) is 11.9. The molecule has 2 aromatic rings. The van der Waals surface area contributed by atoms with Crippen LogP contribution in [0.2, 0.25) is 0 Å². The van der Waals surface area contributed by atoms with Crippen LogP contribution in [-0.2, 0) is 0 Å². The Bertz CT molecular complexity index is 468. The van der Waals surface area contributed by atoms with Gasteiger partial charge in [-0.3, -0.25) is 0 Å². The van der Waals surface area contributed by atoms with Gasteiger partial charge in [-0.15, -0.1) is 11.8 Å². The standard InChI is InChI=1S/C12H13N3S/c1-16-11-4-2-9(3-5-11)15-10-6-7-14-12(13)8-10/h2-8H,1H3,(H3,13,14,15). The van der Waals surface area contributed by atoms with Crippen LogP contribution in [0.25, 0.3) is 0 Å². The van der Waals surface area contributed by atoms with Crippen molar-refractivity contribution in [1.29, 1.82) is 0 Å². The monoisotopic (exact) mass is 231 g/mol. The predicted molar refractivity (Wildman–Crippen MR) is 70.2 cm³/mol. The van der Waals surface area contributed by atoms with Gasteiger partial charge in [0.25, 0.3) is 0 Å². The number of aromatic nitrogens is 1. The first-order valence-corrected chi connectivity index (χ1v) is 6.13. The fourth-order valence-corrected chi connectivity index (χ4v) is 1.78. The molecule has 0 aliphatic carbocycles. The number of nitrogen functional groups attached to an aromatic ring is 1. The number of nitrogens with two attached hydrogens (primary N) is 1. The molecule has 0 aliphatic rings. The molecule has 1 aromatic heterocycles. The van der Waals surface area contributed by atoms with E-state index in [-0.39, 0.29) is 0 Å². The van der Waals surface area contributed by atoms with Crippen molar-refractivity contribution in [1.82, 2.24) is 4.98 Å². The fourth-order valence-electron chi connectivity index (χ4n) is 1.37. The SMILES string of the molecule is CSc1ccc(Nc2ccnc(N)c2)cc1. The Morgan fingerprint density at radius 1 is 1.12 bits per heavy atom. The van der Waals surface area contributed by atoms with Crippen LogP contribution in [0.5, 0.6) is 0 Å². The van der Waals surface area contributed by atoms with Crippen molar-refractivity contribution in [3.63, 3.8) is 0 Å². The molecular weight excluding hydrogens is 218 g/mol. The molecule has 2 rings (SSSR count). The number of hydrogen-bond donors (Lipinski definition) is 2. The minimum Gasteiger partial charge on any atom is -0.384 e. The summed E-state index contributed by atoms with van der Waals surface area (Å²) in [5.41, 5.74) is 7.60. The van der Waals surface area contributed by atoms with Crippen LogP contribution >= 0.6 is 11.8 Å². The average molecular weight is 231 g/mol. The minimum atomic E-state index is 0.519. The van der Waals surface area contributed by atoms with Gasteiger partial charge in [0.05, 0.1) is 0 Å². The van der Waals surface area contributed by atoms with Crippen LogP contribution in [0.3, 0.4) is 0 Å². The van der Waals surface area contributed by atoms with Gasteiger partial charge in [0.2, 0.25) is 0 Å². The molecule has 0 fully saturated rings. The maximum atomic E-state index is 5.60. The lowest BCUT2D eigenvalue weighted by atomic mass is 10.3. The van der Waals surface area contributed by atoms with Gasteiger partial charge in [-0.05, 0) is 36.6 Å². The highest BCUT2D eigenvalue weighted by Crippen LogP contribution is 2.21. The van der Waals surface area contributed by atoms with Crippen molar-refractivity contribution in [3.05, 3.63) is 42.6 Å². The van der Waals surface area contributed by atoms with E-state index in [0.29, 0.717) is 5.82 Å². The third kappa shape index (κ3) is 2.67. The third-order valence-corrected chi connectivity index (χ3v) is 2.90. The quantitative estimate of drug-likeness (QED) is 0.797. The minimum absolute atomic E-state index is 0.519. The normalized spacial score (nSPS) is 10.1. The molecule has 3 nitrogen and oxygen atoms in total. The molecule has 0 saturated heterocycles. The first-order valence-electron chi connectivity index (χ1n) is 4.90. The predicted octanol–water partition coefficient (Wildman–Crippen LogP) is 3.13. The zero-order valence-electron chi connectivity index (χ0n) is 8.97. The Hall–Kier alpha value is -1.68. The topological polar surface area (TPSA) is 50.9 Å². The molecule has 0 amide bonds. The Labute approximate surface area is 99.1 Å². The molecule has 1 aromatic carbocycles. The highest BCUT2D eigenvalue weighted by atomic mass is 32.2. The maximum absolute atomic E-state index is 5.60. The summed E-state index contributed by atoms with van der Waals surface area (Å²) in [4.78, 5) is 5.19. The summed E-state index contributed by atoms with van der Waals surface area (Å²) in [5, 5.41) is 3.27. The van der Waals surface area contributed by atoms with Gasteiger partial charge in [0, 0.05) is 28.5 Å². The summed E-state index contributed by atoms with van der Waals surface area (Å²) < 4.78 is 0. The van der Waals surface area contributed by atoms with Gasteiger partial charge in [-0.2, -0.15) is 0 Å². The van der Waals surface area contributed by atoms with E-state index in [4.69, 9.17) is 5.73 Å². The Morgan fingerprint density at radius 2 is 1.88 bits per heavy atom. The zero-order chi connectivity index (χ0) is 11.4. The summed E-state index contributed by atoms with van der Waals surface area (Å²) in [7, 11) is 0. The number of rotatable bonds is 3. The maximum Gasteiger partial charge on any atom is 0.125 e. The van der Waals surface area contributed by atoms with Crippen molar-refractivity contribution < 1.29 is 0 Å². The molecule has 0 spiro atoms. The second-order valence-corrected chi connectivity index (χ2v) is 4.20. The largest absolute Gasteiger partial charge is 0.384 e. The molecule has 3 N–H and O–H groups in total. The summed E-state index contributed by atoms with van der Waals surface area (Å²) in [6.45, 7) is 0. The van der Waals surface area contributed by atoms with Crippen molar-refractivity contribution in [2.45, 2.75) is 4.90 Å². The van der Waals surface area contributed by atoms with Crippen molar-refractivity contribution in [2.24, 2.45) is 0 Å². The molecule has 82 valence electrons. The van der Waals surface area contributed by atoms with E-state index < -0.39 is 0 Å². The fraction of sp³-hybridized carbons (Fsp3) is 0.0833. The second kappa shape index (κ2) is 4.90. The van der Waals surface area contributed by atoms with Crippen LogP contribution in [0, 0.1) is 0 Å². The molecule has 0 aliphatic heterocycles. The molecule has 16 heavy (non-hydrogen) atoms. The number of benzene rings is 1. The van der Waals surface area contributed by atoms with E-state index in [1.165, 1.54) is 4.90 Å². The molecular formula is C12H13N3S. The van der Waals surface area contributed by atoms with Crippen LogP contribution in [0.4, 0.5) is 17.2 Å². The number of thioether (sulfide) groups is 1. The number of nitrogens with one attached hydrogen (secondary N) is 1. The molecule has 4 heteroatoms. The molecule has 0 radical (unpaired) electrons. The van der Waals surface area contributed by atoms with E-state index in [0.717, 1.165) is 11.4 Å². The van der Waals surface area contributed by atoms with Crippen molar-refractivity contribution in [2.75, 3.05) is 17.3 Å². The van der Waals surface area contributed by atoms with E-state index in [1.54, 1.807) is 18.0 Å². The van der Waals surface area contributed by atoms with Gasteiger partial charge < -0.3 is 11.1 Å². The van der Waals surface area contributed by atoms with Gasteiger partial charge in [0.15, 0.2) is 0 Å². The van der Waals surface area contributed by atoms with Crippen LogP contribution in [0.1, 0.15) is 0 Å². The first-order chi connectivity index (χ1) is 7.78. The third-order valence-electron chi connectivity index (χ3n) is 2.16. The van der Waals surface area contributed by atoms with E-state index >= 15 is 0 Å². The highest BCUT2D eigenvalue weighted by molar-refractivity contribution is 7.98. The van der Waals surface area contributed by atoms with E-state index in [9.17, 15) is 0 Å². The van der Waals surface area contributed by atoms with E-state index in [2.05, 4.69) is 28.7 Å². The van der Waals surface area contributed by atoms with Crippen LogP contribution in [0.15, 0.2) is 47.5 Å².